The van der Waals surface area contributed by atoms with Gasteiger partial charge in [0.1, 0.15) is 6.04 Å². The summed E-state index contributed by atoms with van der Waals surface area (Å²) in [7, 11) is 0. The average molecular weight is 143 g/mol. The standard InChI is InChI=1S/C6H10N2O2/c1-4(2)5(6(9)10)8-3-7/h4-5,8H,1-2H3,(H,9,10)/t5-/m0/s1/i/hD. The Bertz CT molecular complexity index is 176. The lowest BCUT2D eigenvalue weighted by atomic mass is 10.1. The molecule has 0 bridgehead atoms. The molecule has 0 fully saturated rings. The fourth-order valence-corrected chi connectivity index (χ4v) is 0.567. The molecule has 56 valence electrons. The third kappa shape index (κ3) is 2.35. The SMILES string of the molecule is [2H]OC(=O)[C@@H](NC#N)C(C)C. The van der Waals surface area contributed by atoms with Gasteiger partial charge < -0.3 is 10.4 Å². The van der Waals surface area contributed by atoms with Gasteiger partial charge in [0.15, 0.2) is 6.19 Å². The van der Waals surface area contributed by atoms with Crippen LogP contribution in [0.2, 0.25) is 0 Å². The van der Waals surface area contributed by atoms with E-state index in [0.717, 1.165) is 0 Å². The summed E-state index contributed by atoms with van der Waals surface area (Å²) in [6.45, 7) is 3.51. The number of hydrogen-bond donors (Lipinski definition) is 2. The number of hydrogen-bond acceptors (Lipinski definition) is 4. The Morgan fingerprint density at radius 2 is 2.50 bits per heavy atom. The van der Waals surface area contributed by atoms with E-state index in [0.29, 0.717) is 0 Å². The monoisotopic (exact) mass is 143 g/mol. The van der Waals surface area contributed by atoms with E-state index in [-0.39, 0.29) is 5.92 Å². The van der Waals surface area contributed by atoms with E-state index in [9.17, 15) is 4.79 Å². The molecule has 0 amide bonds. The Hall–Kier alpha value is -1.24. The van der Waals surface area contributed by atoms with Crippen molar-refractivity contribution in [1.82, 2.24) is 5.32 Å². The highest BCUT2D eigenvalue weighted by Crippen LogP contribution is 1.99. The highest BCUT2D eigenvalue weighted by atomic mass is 16.4. The van der Waals surface area contributed by atoms with E-state index in [4.69, 9.17) is 6.69 Å². The molecule has 0 radical (unpaired) electrons. The first-order valence-electron chi connectivity index (χ1n) is 3.36. The number of aliphatic carboxylic acids is 1. The van der Waals surface area contributed by atoms with Gasteiger partial charge in [-0.2, -0.15) is 5.26 Å². The number of carboxylic acid groups (broad SMARTS) is 1. The van der Waals surface area contributed by atoms with Crippen LogP contribution in [0.4, 0.5) is 0 Å². The summed E-state index contributed by atoms with van der Waals surface area (Å²) in [5.74, 6) is -0.797. The number of rotatable bonds is 3. The number of nitrogens with one attached hydrogen (secondary N) is 1. The molecule has 0 aromatic carbocycles. The molecule has 0 aliphatic carbocycles. The van der Waals surface area contributed by atoms with Crippen LogP contribution < -0.4 is 5.32 Å². The molecule has 4 nitrogen and oxygen atoms in total. The minimum absolute atomic E-state index is 0.0625. The van der Waals surface area contributed by atoms with Crippen molar-refractivity contribution in [3.8, 4) is 6.19 Å². The second kappa shape index (κ2) is 3.72. The summed E-state index contributed by atoms with van der Waals surface area (Å²) in [6, 6.07) is -0.711. The van der Waals surface area contributed by atoms with Crippen LogP contribution >= 0.6 is 0 Å². The van der Waals surface area contributed by atoms with Gasteiger partial charge in [-0.05, 0) is 5.92 Å². The van der Waals surface area contributed by atoms with Crippen LogP contribution in [0.1, 0.15) is 13.8 Å². The molecule has 0 aromatic rings. The zero-order valence-electron chi connectivity index (χ0n) is 6.92. The maximum atomic E-state index is 10.7. The van der Waals surface area contributed by atoms with Crippen LogP contribution in [0.5, 0.6) is 0 Å². The van der Waals surface area contributed by atoms with E-state index in [1.165, 1.54) is 0 Å². The van der Waals surface area contributed by atoms with Gasteiger partial charge in [-0.1, -0.05) is 13.8 Å². The van der Waals surface area contributed by atoms with Crippen LogP contribution in [-0.2, 0) is 4.79 Å². The minimum Gasteiger partial charge on any atom is -0.480 e. The first-order chi connectivity index (χ1) is 5.13. The van der Waals surface area contributed by atoms with Gasteiger partial charge in [-0.15, -0.1) is 0 Å². The summed E-state index contributed by atoms with van der Waals surface area (Å²) in [4.78, 5) is 10.7. The second-order valence-corrected chi connectivity index (χ2v) is 2.30. The first kappa shape index (κ1) is 6.87. The van der Waals surface area contributed by atoms with Crippen molar-refractivity contribution in [2.75, 3.05) is 0 Å². The van der Waals surface area contributed by atoms with Crippen molar-refractivity contribution in [3.05, 3.63) is 0 Å². The number of nitriles is 1. The van der Waals surface area contributed by atoms with E-state index >= 15 is 0 Å². The van der Waals surface area contributed by atoms with Gasteiger partial charge in [0.2, 0.25) is 0 Å². The normalized spacial score (nSPS) is 13.2. The lowest BCUT2D eigenvalue weighted by Gasteiger charge is -2.12. The molecule has 0 saturated heterocycles. The van der Waals surface area contributed by atoms with Crippen molar-refractivity contribution in [2.45, 2.75) is 19.9 Å². The van der Waals surface area contributed by atoms with Crippen LogP contribution in [0.15, 0.2) is 0 Å². The smallest absolute Gasteiger partial charge is 0.327 e. The van der Waals surface area contributed by atoms with Crippen molar-refractivity contribution in [3.63, 3.8) is 0 Å². The molecule has 0 aliphatic rings. The quantitative estimate of drug-likeness (QED) is 0.436. The third-order valence-corrected chi connectivity index (χ3v) is 1.14. The fraction of sp³-hybridized carbons (Fsp3) is 0.667. The van der Waals surface area contributed by atoms with Gasteiger partial charge in [-0.25, -0.2) is 4.79 Å². The van der Waals surface area contributed by atoms with Crippen LogP contribution in [0.3, 0.4) is 0 Å². The van der Waals surface area contributed by atoms with Gasteiger partial charge in [0.05, 0.1) is 0 Å². The molecular weight excluding hydrogens is 132 g/mol. The van der Waals surface area contributed by atoms with Gasteiger partial charge in [0, 0.05) is 0 Å². The third-order valence-electron chi connectivity index (χ3n) is 1.14. The summed E-state index contributed by atoms with van der Waals surface area (Å²) < 4.78 is 6.31. The van der Waals surface area contributed by atoms with E-state index < -0.39 is 12.0 Å². The molecule has 0 heterocycles. The molecule has 0 rings (SSSR count). The molecule has 10 heavy (non-hydrogen) atoms. The van der Waals surface area contributed by atoms with Crippen molar-refractivity contribution in [1.29, 1.82) is 6.69 Å². The molecule has 2 N–H and O–H groups in total. The number of nitrogens with zero attached hydrogens (tertiary/aromatic N) is 1. The summed E-state index contributed by atoms with van der Waals surface area (Å²) in [5.41, 5.74) is 0. The summed E-state index contributed by atoms with van der Waals surface area (Å²) in [6.07, 6.45) is 1.63. The molecule has 1 atom stereocenters. The molecule has 0 aromatic heterocycles. The van der Waals surface area contributed by atoms with E-state index in [2.05, 4.69) is 10.4 Å². The summed E-state index contributed by atoms with van der Waals surface area (Å²) >= 11 is 0. The summed E-state index contributed by atoms with van der Waals surface area (Å²) in [5, 5.41) is 14.2. The predicted molar refractivity (Wildman–Crippen MR) is 35.0 cm³/mol. The maximum absolute atomic E-state index is 10.7. The topological polar surface area (TPSA) is 73.1 Å². The Morgan fingerprint density at radius 3 is 2.80 bits per heavy atom. The Morgan fingerprint density at radius 1 is 1.90 bits per heavy atom. The lowest BCUT2D eigenvalue weighted by Crippen LogP contribution is -2.37. The van der Waals surface area contributed by atoms with E-state index in [1.54, 1.807) is 20.0 Å². The van der Waals surface area contributed by atoms with Crippen LogP contribution in [0.25, 0.3) is 1.43 Å². The molecule has 0 aliphatic heterocycles. The highest BCUT2D eigenvalue weighted by Gasteiger charge is 2.19. The van der Waals surface area contributed by atoms with Gasteiger partial charge in [0.25, 0.3) is 1.43 Å². The van der Waals surface area contributed by atoms with Crippen molar-refractivity contribution < 1.29 is 9.90 Å². The number of carbonyl (C=O) groups is 1. The zero-order valence-corrected chi connectivity index (χ0v) is 5.92. The molecule has 0 spiro atoms. The van der Waals surface area contributed by atoms with Gasteiger partial charge in [-0.3, -0.25) is 0 Å². The Kier molecular flexibility index (Phi) is 2.56. The van der Waals surface area contributed by atoms with E-state index in [1.807, 2.05) is 0 Å². The van der Waals surface area contributed by atoms with Crippen molar-refractivity contribution >= 4 is 5.97 Å². The first-order valence-corrected chi connectivity index (χ1v) is 2.95. The minimum atomic E-state index is -0.735. The molecule has 0 saturated carbocycles. The average Bonchev–Trinajstić information content (AvgIpc) is 1.98. The fourth-order valence-electron chi connectivity index (χ4n) is 0.567. The second-order valence-electron chi connectivity index (χ2n) is 2.30. The Labute approximate surface area is 61.0 Å². The molecular formula is C6H10N2O2. The van der Waals surface area contributed by atoms with Crippen molar-refractivity contribution in [2.24, 2.45) is 5.92 Å². The largest absolute Gasteiger partial charge is 0.480 e. The zero-order chi connectivity index (χ0) is 8.85. The highest BCUT2D eigenvalue weighted by molar-refractivity contribution is 5.74. The van der Waals surface area contributed by atoms with Gasteiger partial charge >= 0.3 is 5.97 Å². The number of carboxylic acids is 1. The molecule has 4 heteroatoms. The maximum Gasteiger partial charge on any atom is 0.327 e. The lowest BCUT2D eigenvalue weighted by molar-refractivity contribution is -0.140. The molecule has 0 unspecified atom stereocenters. The Balaban J connectivity index is 4.12. The van der Waals surface area contributed by atoms with Crippen LogP contribution in [-0.4, -0.2) is 17.1 Å². The predicted octanol–water partition coefficient (Wildman–Crippen LogP) is 0.166. The van der Waals surface area contributed by atoms with Crippen LogP contribution in [0, 0.1) is 17.4 Å².